The van der Waals surface area contributed by atoms with Gasteiger partial charge in [0.25, 0.3) is 0 Å². The summed E-state index contributed by atoms with van der Waals surface area (Å²) in [6.07, 6.45) is 1.28. The van der Waals surface area contributed by atoms with Crippen LogP contribution in [0.4, 0.5) is 0 Å². The molecule has 0 aliphatic heterocycles. The molecule has 0 radical (unpaired) electrons. The number of hydrogen-bond donors (Lipinski definition) is 0. The van der Waals surface area contributed by atoms with Gasteiger partial charge in [-0.1, -0.05) is 26.0 Å². The van der Waals surface area contributed by atoms with E-state index in [1.54, 1.807) is 32.9 Å². The molecule has 0 saturated heterocycles. The second-order valence-corrected chi connectivity index (χ2v) is 4.42. The van der Waals surface area contributed by atoms with Gasteiger partial charge in [0.1, 0.15) is 11.5 Å². The molecule has 3 heteroatoms. The number of benzene rings is 1. The smallest absolute Gasteiger partial charge is 0.313 e. The number of esters is 1. The molecule has 0 spiro atoms. The fourth-order valence-electron chi connectivity index (χ4n) is 1.28. The van der Waals surface area contributed by atoms with Crippen LogP contribution in [-0.2, 0) is 16.0 Å². The molecule has 0 N–H and O–H groups in total. The maximum atomic E-state index is 11.3. The third-order valence-electron chi connectivity index (χ3n) is 2.38. The molecule has 0 fully saturated rings. The van der Waals surface area contributed by atoms with Gasteiger partial charge in [-0.3, -0.25) is 4.79 Å². The number of carbonyl (C=O) groups is 2. The molecule has 0 amide bonds. The van der Waals surface area contributed by atoms with E-state index in [1.165, 1.54) is 0 Å². The molecule has 0 aliphatic rings. The second-order valence-electron chi connectivity index (χ2n) is 4.42. The molecule has 0 heterocycles. The summed E-state index contributed by atoms with van der Waals surface area (Å²) in [6.45, 7) is 5.17. The third kappa shape index (κ3) is 4.81. The summed E-state index contributed by atoms with van der Waals surface area (Å²) in [5.74, 6) is 0.365. The zero-order valence-electron chi connectivity index (χ0n) is 10.5. The zero-order chi connectivity index (χ0) is 12.8. The second kappa shape index (κ2) is 6.18. The van der Waals surface area contributed by atoms with Crippen LogP contribution in [0.25, 0.3) is 0 Å². The molecule has 0 bridgehead atoms. The van der Waals surface area contributed by atoms with Gasteiger partial charge in [0, 0.05) is 6.42 Å². The minimum atomic E-state index is -0.235. The quantitative estimate of drug-likeness (QED) is 0.581. The van der Waals surface area contributed by atoms with Gasteiger partial charge in [0.15, 0.2) is 0 Å². The van der Waals surface area contributed by atoms with E-state index < -0.39 is 0 Å². The van der Waals surface area contributed by atoms with E-state index in [0.29, 0.717) is 12.2 Å². The largest absolute Gasteiger partial charge is 0.426 e. The number of aryl methyl sites for hydroxylation is 1. The van der Waals surface area contributed by atoms with Crippen molar-refractivity contribution in [2.45, 2.75) is 33.6 Å². The summed E-state index contributed by atoms with van der Waals surface area (Å²) < 4.78 is 5.15. The Bertz CT molecular complexity index is 390. The highest BCUT2D eigenvalue weighted by molar-refractivity contribution is 5.75. The van der Waals surface area contributed by atoms with Crippen LogP contribution in [0.15, 0.2) is 24.3 Å². The van der Waals surface area contributed by atoms with Crippen molar-refractivity contribution in [2.75, 3.05) is 0 Å². The van der Waals surface area contributed by atoms with Crippen LogP contribution in [0.1, 0.15) is 32.8 Å². The molecule has 3 nitrogen and oxygen atoms in total. The van der Waals surface area contributed by atoms with Gasteiger partial charge in [0.2, 0.25) is 0 Å². The molecule has 0 atom stereocenters. The fourth-order valence-corrected chi connectivity index (χ4v) is 1.28. The van der Waals surface area contributed by atoms with Crippen molar-refractivity contribution in [1.82, 2.24) is 0 Å². The van der Waals surface area contributed by atoms with E-state index in [0.717, 1.165) is 12.0 Å². The van der Waals surface area contributed by atoms with Crippen LogP contribution in [0.2, 0.25) is 0 Å². The van der Waals surface area contributed by atoms with E-state index in [-0.39, 0.29) is 17.7 Å². The normalized spacial score (nSPS) is 10.4. The summed E-state index contributed by atoms with van der Waals surface area (Å²) in [5.41, 5.74) is 1.07. The van der Waals surface area contributed by atoms with Crippen LogP contribution < -0.4 is 4.74 Å². The van der Waals surface area contributed by atoms with Crippen molar-refractivity contribution in [3.63, 3.8) is 0 Å². The Kier molecular flexibility index (Phi) is 4.88. The van der Waals surface area contributed by atoms with E-state index >= 15 is 0 Å². The predicted octanol–water partition coefficient (Wildman–Crippen LogP) is 2.77. The van der Waals surface area contributed by atoms with Crippen LogP contribution in [0, 0.1) is 5.92 Å². The van der Waals surface area contributed by atoms with Gasteiger partial charge in [-0.05, 0) is 31.0 Å². The highest BCUT2D eigenvalue weighted by Crippen LogP contribution is 2.15. The fraction of sp³-hybridized carbons (Fsp3) is 0.429. The van der Waals surface area contributed by atoms with Gasteiger partial charge in [-0.25, -0.2) is 0 Å². The van der Waals surface area contributed by atoms with Crippen LogP contribution >= 0.6 is 0 Å². The molecular formula is C14H18O3. The first kappa shape index (κ1) is 13.4. The summed E-state index contributed by atoms with van der Waals surface area (Å²) in [6, 6.07) is 7.28. The Labute approximate surface area is 102 Å². The average Bonchev–Trinajstić information content (AvgIpc) is 2.28. The lowest BCUT2D eigenvalue weighted by molar-refractivity contribution is -0.137. The van der Waals surface area contributed by atoms with Gasteiger partial charge in [-0.15, -0.1) is 0 Å². The Morgan fingerprint density at radius 2 is 1.76 bits per heavy atom. The Balaban J connectivity index is 2.56. The minimum absolute atomic E-state index is 0.132. The highest BCUT2D eigenvalue weighted by atomic mass is 16.5. The Morgan fingerprint density at radius 3 is 2.24 bits per heavy atom. The van der Waals surface area contributed by atoms with Crippen LogP contribution in [-0.4, -0.2) is 11.8 Å². The molecule has 0 saturated carbocycles. The third-order valence-corrected chi connectivity index (χ3v) is 2.38. The maximum absolute atomic E-state index is 11.3. The average molecular weight is 234 g/mol. The number of rotatable bonds is 5. The predicted molar refractivity (Wildman–Crippen MR) is 65.9 cm³/mol. The summed E-state index contributed by atoms with van der Waals surface area (Å²) >= 11 is 0. The van der Waals surface area contributed by atoms with Gasteiger partial charge in [-0.2, -0.15) is 0 Å². The number of ketones is 1. The first-order chi connectivity index (χ1) is 7.99. The molecule has 1 rings (SSSR count). The molecule has 92 valence electrons. The number of Topliss-reactive ketones (excluding diaryl/α,β-unsaturated/α-hetero) is 1. The van der Waals surface area contributed by atoms with Gasteiger partial charge < -0.3 is 9.53 Å². The molecular weight excluding hydrogens is 216 g/mol. The molecule has 0 aromatic heterocycles. The van der Waals surface area contributed by atoms with E-state index in [9.17, 15) is 9.59 Å². The van der Waals surface area contributed by atoms with E-state index in [4.69, 9.17) is 4.74 Å². The van der Waals surface area contributed by atoms with Gasteiger partial charge in [0.05, 0.1) is 5.92 Å². The SMILES string of the molecule is CC(=O)CCc1ccc(OC(=O)C(C)C)cc1. The van der Waals surface area contributed by atoms with Crippen molar-refractivity contribution in [3.8, 4) is 5.75 Å². The lowest BCUT2D eigenvalue weighted by Crippen LogP contribution is -2.14. The van der Waals surface area contributed by atoms with Crippen molar-refractivity contribution in [2.24, 2.45) is 5.92 Å². The van der Waals surface area contributed by atoms with Crippen molar-refractivity contribution >= 4 is 11.8 Å². The maximum Gasteiger partial charge on any atom is 0.313 e. The lowest BCUT2D eigenvalue weighted by atomic mass is 10.1. The number of hydrogen-bond acceptors (Lipinski definition) is 3. The van der Waals surface area contributed by atoms with Crippen molar-refractivity contribution in [1.29, 1.82) is 0 Å². The monoisotopic (exact) mass is 234 g/mol. The molecule has 0 aliphatic carbocycles. The zero-order valence-corrected chi connectivity index (χ0v) is 10.5. The topological polar surface area (TPSA) is 43.4 Å². The molecule has 17 heavy (non-hydrogen) atoms. The highest BCUT2D eigenvalue weighted by Gasteiger charge is 2.09. The lowest BCUT2D eigenvalue weighted by Gasteiger charge is -2.07. The van der Waals surface area contributed by atoms with Crippen molar-refractivity contribution < 1.29 is 14.3 Å². The van der Waals surface area contributed by atoms with E-state index in [1.807, 2.05) is 12.1 Å². The van der Waals surface area contributed by atoms with Crippen LogP contribution in [0.5, 0.6) is 5.75 Å². The summed E-state index contributed by atoms with van der Waals surface area (Å²) in [4.78, 5) is 22.2. The van der Waals surface area contributed by atoms with Crippen LogP contribution in [0.3, 0.4) is 0 Å². The first-order valence-electron chi connectivity index (χ1n) is 5.79. The standard InChI is InChI=1S/C14H18O3/c1-10(2)14(16)17-13-8-6-12(7-9-13)5-4-11(3)15/h6-10H,4-5H2,1-3H3. The minimum Gasteiger partial charge on any atom is -0.426 e. The summed E-state index contributed by atoms with van der Waals surface area (Å²) in [5, 5.41) is 0. The molecule has 0 unspecified atom stereocenters. The summed E-state index contributed by atoms with van der Waals surface area (Å²) in [7, 11) is 0. The Hall–Kier alpha value is -1.64. The van der Waals surface area contributed by atoms with E-state index in [2.05, 4.69) is 0 Å². The van der Waals surface area contributed by atoms with Crippen molar-refractivity contribution in [3.05, 3.63) is 29.8 Å². The molecule has 1 aromatic carbocycles. The number of ether oxygens (including phenoxy) is 1. The Morgan fingerprint density at radius 1 is 1.18 bits per heavy atom. The first-order valence-corrected chi connectivity index (χ1v) is 5.79. The molecule has 1 aromatic rings. The van der Waals surface area contributed by atoms with Gasteiger partial charge >= 0.3 is 5.97 Å². The number of carbonyl (C=O) groups excluding carboxylic acids is 2.